The van der Waals surface area contributed by atoms with Crippen LogP contribution >= 0.6 is 0 Å². The Kier molecular flexibility index (Phi) is 5.19. The quantitative estimate of drug-likeness (QED) is 0.590. The lowest BCUT2D eigenvalue weighted by Gasteiger charge is -2.14. The molecule has 0 amide bonds. The molecule has 0 fully saturated rings. The molecule has 0 aliphatic rings. The lowest BCUT2D eigenvalue weighted by Crippen LogP contribution is -2.20. The van der Waals surface area contributed by atoms with Gasteiger partial charge in [-0.15, -0.1) is 0 Å². The molecule has 1 unspecified atom stereocenters. The van der Waals surface area contributed by atoms with Crippen LogP contribution in [0.4, 0.5) is 5.82 Å². The fraction of sp³-hybridized carbons (Fsp3) is 0.455. The van der Waals surface area contributed by atoms with Gasteiger partial charge in [0, 0.05) is 6.61 Å². The van der Waals surface area contributed by atoms with Gasteiger partial charge in [0.1, 0.15) is 11.7 Å². The minimum atomic E-state index is -1.32. The Balaban J connectivity index is 2.94. The van der Waals surface area contributed by atoms with E-state index in [9.17, 15) is 14.9 Å². The summed E-state index contributed by atoms with van der Waals surface area (Å²) in [6, 6.07) is 0.866. The van der Waals surface area contributed by atoms with Gasteiger partial charge in [0.25, 0.3) is 0 Å². The smallest absolute Gasteiger partial charge is 0.364 e. The van der Waals surface area contributed by atoms with Gasteiger partial charge in [0.05, 0.1) is 12.7 Å². The second-order valence-electron chi connectivity index (χ2n) is 3.69. The third-order valence-electron chi connectivity index (χ3n) is 2.16. The van der Waals surface area contributed by atoms with Crippen molar-refractivity contribution in [2.24, 2.45) is 0 Å². The van der Waals surface area contributed by atoms with Crippen LogP contribution in [0.5, 0.6) is 5.75 Å². The molecule has 1 aromatic rings. The predicted molar refractivity (Wildman–Crippen MR) is 64.4 cm³/mol. The molecule has 104 valence electrons. The number of rotatable bonds is 7. The van der Waals surface area contributed by atoms with E-state index < -0.39 is 16.7 Å². The SMILES string of the molecule is CCOCC(C)Oc1cnc([N+](=O)[O-])cc1C(=O)O. The van der Waals surface area contributed by atoms with Crippen LogP contribution in [0.3, 0.4) is 0 Å². The summed E-state index contributed by atoms with van der Waals surface area (Å²) in [6.45, 7) is 4.32. The zero-order chi connectivity index (χ0) is 14.4. The van der Waals surface area contributed by atoms with E-state index >= 15 is 0 Å². The molecule has 0 aromatic carbocycles. The van der Waals surface area contributed by atoms with Gasteiger partial charge in [0.15, 0.2) is 11.9 Å². The Hall–Kier alpha value is -2.22. The molecule has 0 aliphatic heterocycles. The van der Waals surface area contributed by atoms with Crippen molar-refractivity contribution in [3.63, 3.8) is 0 Å². The number of nitro groups is 1. The second-order valence-corrected chi connectivity index (χ2v) is 3.69. The number of carboxylic acid groups (broad SMARTS) is 1. The average molecular weight is 270 g/mol. The van der Waals surface area contributed by atoms with Crippen molar-refractivity contribution in [2.45, 2.75) is 20.0 Å². The maximum atomic E-state index is 11.0. The predicted octanol–water partition coefficient (Wildman–Crippen LogP) is 1.49. The van der Waals surface area contributed by atoms with Gasteiger partial charge in [0.2, 0.25) is 0 Å². The lowest BCUT2D eigenvalue weighted by atomic mass is 10.2. The molecule has 8 nitrogen and oxygen atoms in total. The van der Waals surface area contributed by atoms with Crippen LogP contribution in [0, 0.1) is 10.1 Å². The molecule has 0 spiro atoms. The number of pyridine rings is 1. The number of hydrogen-bond donors (Lipinski definition) is 1. The average Bonchev–Trinajstić information content (AvgIpc) is 2.36. The molecule has 0 bridgehead atoms. The second kappa shape index (κ2) is 6.64. The standard InChI is InChI=1S/C11H14N2O6/c1-3-18-6-7(2)19-9-5-12-10(13(16)17)4-8(9)11(14)15/h4-5,7H,3,6H2,1-2H3,(H,14,15). The Morgan fingerprint density at radius 2 is 2.32 bits per heavy atom. The number of ether oxygens (including phenoxy) is 2. The summed E-state index contributed by atoms with van der Waals surface area (Å²) in [6.07, 6.45) is 0.644. The Bertz CT molecular complexity index is 476. The van der Waals surface area contributed by atoms with E-state index in [4.69, 9.17) is 14.6 Å². The number of hydrogen-bond acceptors (Lipinski definition) is 6. The fourth-order valence-corrected chi connectivity index (χ4v) is 1.33. The van der Waals surface area contributed by atoms with Gasteiger partial charge in [-0.3, -0.25) is 0 Å². The van der Waals surface area contributed by atoms with Gasteiger partial charge in [-0.1, -0.05) is 0 Å². The third kappa shape index (κ3) is 4.18. The van der Waals surface area contributed by atoms with E-state index in [1.165, 1.54) is 0 Å². The maximum Gasteiger partial charge on any atom is 0.364 e. The number of aromatic nitrogens is 1. The molecule has 1 rings (SSSR count). The normalized spacial score (nSPS) is 11.9. The van der Waals surface area contributed by atoms with Crippen LogP contribution in [0.2, 0.25) is 0 Å². The summed E-state index contributed by atoms with van der Waals surface area (Å²) < 4.78 is 10.5. The monoisotopic (exact) mass is 270 g/mol. The van der Waals surface area contributed by atoms with E-state index in [1.807, 2.05) is 6.92 Å². The van der Waals surface area contributed by atoms with E-state index in [0.717, 1.165) is 12.3 Å². The van der Waals surface area contributed by atoms with Crippen LogP contribution in [-0.4, -0.2) is 40.3 Å². The first kappa shape index (κ1) is 14.8. The molecule has 1 N–H and O–H groups in total. The highest BCUT2D eigenvalue weighted by Crippen LogP contribution is 2.22. The van der Waals surface area contributed by atoms with E-state index in [1.54, 1.807) is 6.92 Å². The van der Waals surface area contributed by atoms with E-state index in [2.05, 4.69) is 4.98 Å². The molecule has 19 heavy (non-hydrogen) atoms. The van der Waals surface area contributed by atoms with Crippen molar-refractivity contribution in [3.05, 3.63) is 27.9 Å². The molecule has 0 radical (unpaired) electrons. The Morgan fingerprint density at radius 1 is 1.63 bits per heavy atom. The van der Waals surface area contributed by atoms with Crippen LogP contribution in [0.25, 0.3) is 0 Å². The minimum Gasteiger partial charge on any atom is -0.483 e. The molecular weight excluding hydrogens is 256 g/mol. The first-order chi connectivity index (χ1) is 8.95. The summed E-state index contributed by atoms with van der Waals surface area (Å²) >= 11 is 0. The highest BCUT2D eigenvalue weighted by Gasteiger charge is 2.20. The first-order valence-electron chi connectivity index (χ1n) is 5.57. The summed E-state index contributed by atoms with van der Waals surface area (Å²) in [4.78, 5) is 24.3. The van der Waals surface area contributed by atoms with Gasteiger partial charge < -0.3 is 24.7 Å². The number of carbonyl (C=O) groups is 1. The zero-order valence-corrected chi connectivity index (χ0v) is 10.5. The van der Waals surface area contributed by atoms with Crippen molar-refractivity contribution >= 4 is 11.8 Å². The van der Waals surface area contributed by atoms with Crippen molar-refractivity contribution < 1.29 is 24.3 Å². The van der Waals surface area contributed by atoms with Gasteiger partial charge in [-0.2, -0.15) is 0 Å². The fourth-order valence-electron chi connectivity index (χ4n) is 1.33. The largest absolute Gasteiger partial charge is 0.483 e. The highest BCUT2D eigenvalue weighted by molar-refractivity contribution is 5.91. The van der Waals surface area contributed by atoms with Crippen molar-refractivity contribution in [3.8, 4) is 5.75 Å². The summed E-state index contributed by atoms with van der Waals surface area (Å²) in [5.74, 6) is -1.88. The molecule has 0 aliphatic carbocycles. The molecule has 0 saturated heterocycles. The van der Waals surface area contributed by atoms with Crippen molar-refractivity contribution in [1.82, 2.24) is 4.98 Å². The third-order valence-corrected chi connectivity index (χ3v) is 2.16. The molecular formula is C11H14N2O6. The van der Waals surface area contributed by atoms with Gasteiger partial charge in [-0.25, -0.2) is 4.79 Å². The van der Waals surface area contributed by atoms with Crippen LogP contribution in [-0.2, 0) is 4.74 Å². The van der Waals surface area contributed by atoms with Gasteiger partial charge >= 0.3 is 11.8 Å². The zero-order valence-electron chi connectivity index (χ0n) is 10.5. The van der Waals surface area contributed by atoms with Crippen LogP contribution in [0.1, 0.15) is 24.2 Å². The molecule has 1 heterocycles. The Morgan fingerprint density at radius 3 is 2.84 bits per heavy atom. The Labute approximate surface area is 109 Å². The minimum absolute atomic E-state index is 0.0229. The number of aromatic carboxylic acids is 1. The van der Waals surface area contributed by atoms with E-state index in [0.29, 0.717) is 6.61 Å². The maximum absolute atomic E-state index is 11.0. The first-order valence-corrected chi connectivity index (χ1v) is 5.57. The van der Waals surface area contributed by atoms with Crippen molar-refractivity contribution in [1.29, 1.82) is 0 Å². The lowest BCUT2D eigenvalue weighted by molar-refractivity contribution is -0.389. The van der Waals surface area contributed by atoms with E-state index in [-0.39, 0.29) is 24.0 Å². The summed E-state index contributed by atoms with van der Waals surface area (Å²) in [5.41, 5.74) is -0.301. The topological polar surface area (TPSA) is 112 Å². The van der Waals surface area contributed by atoms with Crippen molar-refractivity contribution in [2.75, 3.05) is 13.2 Å². The number of nitrogens with zero attached hydrogens (tertiary/aromatic N) is 2. The van der Waals surface area contributed by atoms with Crippen LogP contribution < -0.4 is 4.74 Å². The molecule has 1 atom stereocenters. The molecule has 1 aromatic heterocycles. The summed E-state index contributed by atoms with van der Waals surface area (Å²) in [7, 11) is 0. The molecule has 8 heteroatoms. The molecule has 0 saturated carbocycles. The number of carboxylic acids is 1. The van der Waals surface area contributed by atoms with Gasteiger partial charge in [-0.05, 0) is 23.8 Å². The highest BCUT2D eigenvalue weighted by atomic mass is 16.6. The van der Waals surface area contributed by atoms with Crippen LogP contribution in [0.15, 0.2) is 12.3 Å². The summed E-state index contributed by atoms with van der Waals surface area (Å²) in [5, 5.41) is 19.5.